The van der Waals surface area contributed by atoms with E-state index in [1.165, 1.54) is 5.56 Å². The van der Waals surface area contributed by atoms with Crippen molar-refractivity contribution in [3.8, 4) is 5.75 Å². The van der Waals surface area contributed by atoms with Crippen molar-refractivity contribution in [3.05, 3.63) is 88.4 Å². The number of nitrogens with zero attached hydrogens (tertiary/aromatic N) is 2. The van der Waals surface area contributed by atoms with Crippen molar-refractivity contribution < 1.29 is 14.3 Å². The molecule has 6 nitrogen and oxygen atoms in total. The van der Waals surface area contributed by atoms with Gasteiger partial charge in [0.2, 0.25) is 5.91 Å². The Bertz CT molecular complexity index is 1390. The quantitative estimate of drug-likeness (QED) is 0.399. The van der Waals surface area contributed by atoms with E-state index in [2.05, 4.69) is 24.4 Å². The number of hydrogen-bond acceptors (Lipinski definition) is 4. The maximum Gasteiger partial charge on any atom is 0.271 e. The van der Waals surface area contributed by atoms with Crippen LogP contribution in [-0.4, -0.2) is 33.9 Å². The van der Waals surface area contributed by atoms with Crippen LogP contribution in [0.15, 0.2) is 66.0 Å². The topological polar surface area (TPSA) is 63.6 Å². The third-order valence-corrected chi connectivity index (χ3v) is 7.87. The number of benzene rings is 2. The van der Waals surface area contributed by atoms with Gasteiger partial charge in [-0.3, -0.25) is 9.59 Å². The van der Waals surface area contributed by atoms with E-state index in [0.717, 1.165) is 33.5 Å². The molecule has 3 heterocycles. The number of rotatable bonds is 7. The molecule has 0 spiro atoms. The third kappa shape index (κ3) is 4.10. The van der Waals surface area contributed by atoms with Gasteiger partial charge in [-0.15, -0.1) is 11.3 Å². The number of nitrogens with one attached hydrogen (secondary N) is 1. The van der Waals surface area contributed by atoms with Crippen LogP contribution < -0.4 is 10.1 Å². The Morgan fingerprint density at radius 2 is 1.86 bits per heavy atom. The second-order valence-electron chi connectivity index (χ2n) is 9.13. The van der Waals surface area contributed by atoms with Gasteiger partial charge in [-0.25, -0.2) is 0 Å². The first-order valence-corrected chi connectivity index (χ1v) is 12.7. The zero-order chi connectivity index (χ0) is 24.6. The molecule has 1 N–H and O–H groups in total. The fourth-order valence-corrected chi connectivity index (χ4v) is 5.68. The Hall–Kier alpha value is -3.58. The number of fused-ring (bicyclic) bond motifs is 3. The maximum atomic E-state index is 13.8. The molecule has 7 heteroatoms. The van der Waals surface area contributed by atoms with E-state index in [1.54, 1.807) is 23.3 Å². The van der Waals surface area contributed by atoms with Gasteiger partial charge in [0.25, 0.3) is 5.91 Å². The fraction of sp³-hybridized carbons (Fsp3) is 0.286. The van der Waals surface area contributed by atoms with Gasteiger partial charge in [0.05, 0.1) is 13.7 Å². The predicted molar refractivity (Wildman–Crippen MR) is 139 cm³/mol. The monoisotopic (exact) mass is 487 g/mol. The predicted octanol–water partition coefficient (Wildman–Crippen LogP) is 5.00. The first-order valence-electron chi connectivity index (χ1n) is 11.8. The molecular formula is C28H29N3O3S. The maximum absolute atomic E-state index is 13.8. The lowest BCUT2D eigenvalue weighted by atomic mass is 9.93. The highest BCUT2D eigenvalue weighted by atomic mass is 32.1. The van der Waals surface area contributed by atoms with Crippen molar-refractivity contribution in [1.29, 1.82) is 0 Å². The minimum Gasteiger partial charge on any atom is -0.496 e. The summed E-state index contributed by atoms with van der Waals surface area (Å²) in [6.07, 6.45) is 0.955. The summed E-state index contributed by atoms with van der Waals surface area (Å²) in [5, 5.41) is 6.13. The summed E-state index contributed by atoms with van der Waals surface area (Å²) in [6.45, 7) is 5.05. The molecule has 35 heavy (non-hydrogen) atoms. The Balaban J connectivity index is 1.49. The number of thiophene rings is 1. The minimum absolute atomic E-state index is 0.130. The molecule has 0 radical (unpaired) electrons. The third-order valence-electron chi connectivity index (χ3n) is 6.92. The Morgan fingerprint density at radius 3 is 2.60 bits per heavy atom. The minimum atomic E-state index is -1.06. The highest BCUT2D eigenvalue weighted by Gasteiger charge is 2.47. The van der Waals surface area contributed by atoms with Crippen LogP contribution in [0.5, 0.6) is 5.75 Å². The number of para-hydroxylation sites is 1. The number of amides is 2. The lowest BCUT2D eigenvalue weighted by molar-refractivity contribution is -0.133. The molecule has 2 aromatic carbocycles. The molecule has 1 aliphatic heterocycles. The van der Waals surface area contributed by atoms with Gasteiger partial charge in [0.15, 0.2) is 0 Å². The second kappa shape index (κ2) is 9.23. The van der Waals surface area contributed by atoms with Crippen LogP contribution in [0.4, 0.5) is 0 Å². The number of aryl methyl sites for hydroxylation is 1. The lowest BCUT2D eigenvalue weighted by Crippen LogP contribution is -2.63. The summed E-state index contributed by atoms with van der Waals surface area (Å²) in [5.74, 6) is 0.402. The number of aromatic nitrogens is 1. The Morgan fingerprint density at radius 1 is 1.11 bits per heavy atom. The summed E-state index contributed by atoms with van der Waals surface area (Å²) in [4.78, 5) is 30.4. The lowest BCUT2D eigenvalue weighted by Gasteiger charge is -2.44. The molecule has 2 aromatic heterocycles. The van der Waals surface area contributed by atoms with Gasteiger partial charge < -0.3 is 19.5 Å². The number of carbonyl (C=O) groups is 2. The van der Waals surface area contributed by atoms with Crippen molar-refractivity contribution in [3.63, 3.8) is 0 Å². The van der Waals surface area contributed by atoms with Crippen LogP contribution in [0.2, 0.25) is 0 Å². The van der Waals surface area contributed by atoms with E-state index in [9.17, 15) is 9.59 Å². The van der Waals surface area contributed by atoms with E-state index in [-0.39, 0.29) is 11.8 Å². The van der Waals surface area contributed by atoms with Crippen LogP contribution >= 0.6 is 11.3 Å². The van der Waals surface area contributed by atoms with Crippen LogP contribution in [0.3, 0.4) is 0 Å². The summed E-state index contributed by atoms with van der Waals surface area (Å²) in [6, 6.07) is 19.8. The molecule has 180 valence electrons. The Kier molecular flexibility index (Phi) is 6.11. The van der Waals surface area contributed by atoms with Crippen molar-refractivity contribution in [2.45, 2.75) is 45.4 Å². The zero-order valence-corrected chi connectivity index (χ0v) is 21.0. The van der Waals surface area contributed by atoms with Gasteiger partial charge >= 0.3 is 0 Å². The smallest absolute Gasteiger partial charge is 0.271 e. The summed E-state index contributed by atoms with van der Waals surface area (Å²) < 4.78 is 7.44. The Labute approximate surface area is 209 Å². The average Bonchev–Trinajstić information content (AvgIpc) is 3.48. The number of hydrogen-bond donors (Lipinski definition) is 1. The molecule has 0 saturated heterocycles. The summed E-state index contributed by atoms with van der Waals surface area (Å²) in [5.41, 5.74) is 2.70. The zero-order valence-electron chi connectivity index (χ0n) is 20.2. The first kappa shape index (κ1) is 23.2. The standard InChI is InChI=1S/C28H29N3O3S/c1-4-19-9-11-20(12-10-19)17-31-25(32)23-15-21-13-14-35-26(21)30(23)18-28(31,2)27(33)29-16-22-7-5-6-8-24(22)34-3/h5-15H,4,16-18H2,1-3H3,(H,29,33)/t28-/m0/s1. The molecule has 1 aliphatic rings. The summed E-state index contributed by atoms with van der Waals surface area (Å²) >= 11 is 1.59. The van der Waals surface area contributed by atoms with Crippen LogP contribution in [0.1, 0.15) is 41.0 Å². The fourth-order valence-electron chi connectivity index (χ4n) is 4.78. The second-order valence-corrected chi connectivity index (χ2v) is 10.0. The van der Waals surface area contributed by atoms with Gasteiger partial charge in [-0.2, -0.15) is 0 Å². The number of carbonyl (C=O) groups excluding carboxylic acids is 2. The van der Waals surface area contributed by atoms with Crippen LogP contribution in [-0.2, 0) is 30.8 Å². The molecule has 2 amide bonds. The molecule has 0 bridgehead atoms. The molecule has 0 fully saturated rings. The normalized spacial score (nSPS) is 17.5. The molecule has 5 rings (SSSR count). The van der Waals surface area contributed by atoms with Gasteiger partial charge in [0, 0.05) is 24.0 Å². The molecule has 1 atom stereocenters. The molecule has 0 unspecified atom stereocenters. The number of methoxy groups -OCH3 is 1. The molecule has 4 aromatic rings. The average molecular weight is 488 g/mol. The van der Waals surface area contributed by atoms with Crippen LogP contribution in [0.25, 0.3) is 10.2 Å². The SMILES string of the molecule is CCc1ccc(CN2C(=O)c3cc4ccsc4n3C[C@@]2(C)C(=O)NCc2ccccc2OC)cc1. The molecule has 0 saturated carbocycles. The molecular weight excluding hydrogens is 458 g/mol. The summed E-state index contributed by atoms with van der Waals surface area (Å²) in [7, 11) is 1.62. The highest BCUT2D eigenvalue weighted by molar-refractivity contribution is 7.16. The van der Waals surface area contributed by atoms with Gasteiger partial charge in [0.1, 0.15) is 21.8 Å². The largest absolute Gasteiger partial charge is 0.496 e. The first-order chi connectivity index (χ1) is 16.9. The number of ether oxygens (including phenoxy) is 1. The van der Waals surface area contributed by atoms with E-state index in [0.29, 0.717) is 25.3 Å². The molecule has 0 aliphatic carbocycles. The van der Waals surface area contributed by atoms with Crippen molar-refractivity contribution in [2.24, 2.45) is 0 Å². The van der Waals surface area contributed by atoms with Crippen LogP contribution in [0, 0.1) is 0 Å². The van der Waals surface area contributed by atoms with Crippen molar-refractivity contribution in [2.75, 3.05) is 7.11 Å². The van der Waals surface area contributed by atoms with Crippen molar-refractivity contribution >= 4 is 33.4 Å². The van der Waals surface area contributed by atoms with Gasteiger partial charge in [-0.05, 0) is 48.1 Å². The van der Waals surface area contributed by atoms with Crippen molar-refractivity contribution in [1.82, 2.24) is 14.8 Å². The van der Waals surface area contributed by atoms with E-state index in [1.807, 2.05) is 65.4 Å². The highest BCUT2D eigenvalue weighted by Crippen LogP contribution is 2.35. The van der Waals surface area contributed by atoms with Gasteiger partial charge in [-0.1, -0.05) is 49.4 Å². The van der Waals surface area contributed by atoms with E-state index in [4.69, 9.17) is 4.74 Å². The van der Waals surface area contributed by atoms with E-state index < -0.39 is 5.54 Å². The van der Waals surface area contributed by atoms with E-state index >= 15 is 0 Å².